The summed E-state index contributed by atoms with van der Waals surface area (Å²) in [6.45, 7) is 8.87. The van der Waals surface area contributed by atoms with E-state index in [0.29, 0.717) is 5.41 Å². The zero-order valence-corrected chi connectivity index (χ0v) is 12.8. The van der Waals surface area contributed by atoms with Crippen LogP contribution in [0.3, 0.4) is 0 Å². The van der Waals surface area contributed by atoms with Gasteiger partial charge in [0, 0.05) is 10.5 Å². The lowest BCUT2D eigenvalue weighted by atomic mass is 9.87. The van der Waals surface area contributed by atoms with Gasteiger partial charge in [-0.15, -0.1) is 0 Å². The summed E-state index contributed by atoms with van der Waals surface area (Å²) in [4.78, 5) is 0. The molecule has 0 spiro atoms. The van der Waals surface area contributed by atoms with Crippen molar-refractivity contribution in [2.45, 2.75) is 46.6 Å². The maximum absolute atomic E-state index is 5.66. The first-order valence-electron chi connectivity index (χ1n) is 6.05. The topological polar surface area (TPSA) is 38.0 Å². The first-order valence-corrected chi connectivity index (χ1v) is 6.85. The Labute approximate surface area is 113 Å². The number of benzene rings is 1. The zero-order valence-electron chi connectivity index (χ0n) is 11.2. The summed E-state index contributed by atoms with van der Waals surface area (Å²) in [6, 6.07) is 6.65. The molecule has 96 valence electrons. The Hall–Kier alpha value is -0.380. The maximum Gasteiger partial charge on any atom is 0.0460 e. The third-order valence-corrected chi connectivity index (χ3v) is 3.86. The minimum Gasteiger partial charge on any atom is -0.271 e. The summed E-state index contributed by atoms with van der Waals surface area (Å²) < 4.78 is 1.15. The number of aryl methyl sites for hydroxylation is 1. The second-order valence-corrected chi connectivity index (χ2v) is 6.68. The Morgan fingerprint density at radius 3 is 2.47 bits per heavy atom. The molecule has 1 unspecified atom stereocenters. The van der Waals surface area contributed by atoms with Crippen LogP contribution in [0.1, 0.15) is 50.8 Å². The van der Waals surface area contributed by atoms with E-state index in [0.717, 1.165) is 17.3 Å². The molecule has 0 fully saturated rings. The number of hydrogen-bond acceptors (Lipinski definition) is 2. The van der Waals surface area contributed by atoms with Gasteiger partial charge in [-0.2, -0.15) is 0 Å². The van der Waals surface area contributed by atoms with Crippen molar-refractivity contribution in [3.8, 4) is 0 Å². The van der Waals surface area contributed by atoms with Crippen molar-refractivity contribution in [1.29, 1.82) is 0 Å². The van der Waals surface area contributed by atoms with Gasteiger partial charge >= 0.3 is 0 Å². The van der Waals surface area contributed by atoms with E-state index in [9.17, 15) is 0 Å². The van der Waals surface area contributed by atoms with E-state index >= 15 is 0 Å². The Bertz CT molecular complexity index is 369. The molecule has 0 aliphatic rings. The minimum absolute atomic E-state index is 0.237. The molecule has 1 rings (SSSR count). The highest BCUT2D eigenvalue weighted by molar-refractivity contribution is 9.10. The Morgan fingerprint density at radius 1 is 1.35 bits per heavy atom. The molecule has 2 nitrogen and oxygen atoms in total. The van der Waals surface area contributed by atoms with E-state index < -0.39 is 0 Å². The predicted octanol–water partition coefficient (Wildman–Crippen LogP) is 4.09. The molecule has 0 aliphatic heterocycles. The third-order valence-electron chi connectivity index (χ3n) is 2.97. The van der Waals surface area contributed by atoms with Crippen LogP contribution in [-0.2, 0) is 0 Å². The maximum atomic E-state index is 5.66. The molecule has 0 radical (unpaired) electrons. The summed E-state index contributed by atoms with van der Waals surface area (Å²) in [5.74, 6) is 5.66. The normalized spacial score (nSPS) is 13.8. The molecular formula is C14H23BrN2. The van der Waals surface area contributed by atoms with E-state index in [-0.39, 0.29) is 6.04 Å². The monoisotopic (exact) mass is 298 g/mol. The van der Waals surface area contributed by atoms with Gasteiger partial charge in [0.2, 0.25) is 0 Å². The largest absolute Gasteiger partial charge is 0.271 e. The molecule has 1 atom stereocenters. The first kappa shape index (κ1) is 14.7. The summed E-state index contributed by atoms with van der Waals surface area (Å²) in [7, 11) is 0. The molecule has 3 heteroatoms. The second-order valence-electron chi connectivity index (χ2n) is 5.83. The predicted molar refractivity (Wildman–Crippen MR) is 77.6 cm³/mol. The molecule has 1 aromatic rings. The summed E-state index contributed by atoms with van der Waals surface area (Å²) in [6.07, 6.45) is 2.21. The third kappa shape index (κ3) is 4.78. The molecule has 3 N–H and O–H groups in total. The lowest BCUT2D eigenvalue weighted by Gasteiger charge is -2.23. The van der Waals surface area contributed by atoms with Crippen molar-refractivity contribution in [2.24, 2.45) is 11.3 Å². The molecule has 0 saturated carbocycles. The lowest BCUT2D eigenvalue weighted by molar-refractivity contribution is 0.333. The summed E-state index contributed by atoms with van der Waals surface area (Å²) in [5.41, 5.74) is 5.78. The van der Waals surface area contributed by atoms with Crippen LogP contribution in [0.2, 0.25) is 0 Å². The van der Waals surface area contributed by atoms with Gasteiger partial charge in [0.05, 0.1) is 0 Å². The van der Waals surface area contributed by atoms with E-state index in [1.807, 2.05) is 0 Å². The van der Waals surface area contributed by atoms with Crippen LogP contribution in [0, 0.1) is 12.3 Å². The van der Waals surface area contributed by atoms with Crippen molar-refractivity contribution in [3.63, 3.8) is 0 Å². The van der Waals surface area contributed by atoms with Crippen molar-refractivity contribution in [1.82, 2.24) is 5.43 Å². The molecular weight excluding hydrogens is 276 g/mol. The first-order chi connectivity index (χ1) is 7.83. The number of rotatable bonds is 4. The molecule has 0 aliphatic carbocycles. The van der Waals surface area contributed by atoms with Gasteiger partial charge in [0.1, 0.15) is 0 Å². The summed E-state index contributed by atoms with van der Waals surface area (Å²) >= 11 is 3.52. The smallest absolute Gasteiger partial charge is 0.0460 e. The zero-order chi connectivity index (χ0) is 13.1. The van der Waals surface area contributed by atoms with Crippen molar-refractivity contribution < 1.29 is 0 Å². The minimum atomic E-state index is 0.237. The molecule has 0 heterocycles. The van der Waals surface area contributed by atoms with Crippen LogP contribution in [0.15, 0.2) is 22.7 Å². The highest BCUT2D eigenvalue weighted by Gasteiger charge is 2.16. The number of nitrogens with one attached hydrogen (secondary N) is 1. The fraction of sp³-hybridized carbons (Fsp3) is 0.571. The molecule has 0 amide bonds. The quantitative estimate of drug-likeness (QED) is 0.649. The van der Waals surface area contributed by atoms with Crippen LogP contribution < -0.4 is 11.3 Å². The number of nitrogens with two attached hydrogens (primary N) is 1. The fourth-order valence-corrected chi connectivity index (χ4v) is 2.05. The average Bonchev–Trinajstić information content (AvgIpc) is 2.22. The molecule has 0 saturated heterocycles. The molecule has 0 bridgehead atoms. The van der Waals surface area contributed by atoms with E-state index in [1.165, 1.54) is 11.1 Å². The second kappa shape index (κ2) is 5.98. The molecule has 1 aromatic carbocycles. The van der Waals surface area contributed by atoms with Crippen LogP contribution in [0.25, 0.3) is 0 Å². The standard InChI is InChI=1S/C14H23BrN2/c1-10-9-11(5-6-12(10)15)13(17-16)7-8-14(2,3)4/h5-6,9,13,17H,7-8,16H2,1-4H3. The summed E-state index contributed by atoms with van der Waals surface area (Å²) in [5, 5.41) is 0. The van der Waals surface area contributed by atoms with Crippen LogP contribution in [0.5, 0.6) is 0 Å². The van der Waals surface area contributed by atoms with Crippen molar-refractivity contribution in [3.05, 3.63) is 33.8 Å². The van der Waals surface area contributed by atoms with Gasteiger partial charge in [-0.05, 0) is 42.4 Å². The fourth-order valence-electron chi connectivity index (χ4n) is 1.81. The van der Waals surface area contributed by atoms with Gasteiger partial charge in [-0.1, -0.05) is 48.8 Å². The van der Waals surface area contributed by atoms with Gasteiger partial charge < -0.3 is 0 Å². The van der Waals surface area contributed by atoms with Gasteiger partial charge in [0.25, 0.3) is 0 Å². The van der Waals surface area contributed by atoms with Crippen LogP contribution in [0.4, 0.5) is 0 Å². The van der Waals surface area contributed by atoms with E-state index in [2.05, 4.69) is 67.2 Å². The van der Waals surface area contributed by atoms with E-state index in [1.54, 1.807) is 0 Å². The lowest BCUT2D eigenvalue weighted by Crippen LogP contribution is -2.29. The number of hydrogen-bond donors (Lipinski definition) is 2. The van der Waals surface area contributed by atoms with E-state index in [4.69, 9.17) is 5.84 Å². The Balaban J connectivity index is 2.76. The van der Waals surface area contributed by atoms with Crippen molar-refractivity contribution in [2.75, 3.05) is 0 Å². The van der Waals surface area contributed by atoms with Crippen LogP contribution >= 0.6 is 15.9 Å². The highest BCUT2D eigenvalue weighted by atomic mass is 79.9. The average molecular weight is 299 g/mol. The SMILES string of the molecule is Cc1cc(C(CCC(C)(C)C)NN)ccc1Br. The Kier molecular flexibility index (Phi) is 5.17. The highest BCUT2D eigenvalue weighted by Crippen LogP contribution is 2.28. The number of hydrazine groups is 1. The van der Waals surface area contributed by atoms with Gasteiger partial charge in [-0.25, -0.2) is 0 Å². The van der Waals surface area contributed by atoms with Crippen molar-refractivity contribution >= 4 is 15.9 Å². The number of halogens is 1. The van der Waals surface area contributed by atoms with Gasteiger partial charge in [-0.3, -0.25) is 11.3 Å². The molecule has 0 aromatic heterocycles. The van der Waals surface area contributed by atoms with Crippen LogP contribution in [-0.4, -0.2) is 0 Å². The molecule has 17 heavy (non-hydrogen) atoms. The van der Waals surface area contributed by atoms with Gasteiger partial charge in [0.15, 0.2) is 0 Å². The Morgan fingerprint density at radius 2 is 2.00 bits per heavy atom.